The third-order valence-electron chi connectivity index (χ3n) is 4.30. The van der Waals surface area contributed by atoms with Gasteiger partial charge in [0.05, 0.1) is 17.5 Å². The van der Waals surface area contributed by atoms with E-state index in [1.165, 1.54) is 11.8 Å². The predicted octanol–water partition coefficient (Wildman–Crippen LogP) is 3.30. The van der Waals surface area contributed by atoms with E-state index < -0.39 is 9.84 Å². The molecule has 1 aromatic rings. The molecule has 2 unspecified atom stereocenters. The van der Waals surface area contributed by atoms with Crippen molar-refractivity contribution in [1.82, 2.24) is 0 Å². The summed E-state index contributed by atoms with van der Waals surface area (Å²) < 4.78 is 24.1. The maximum absolute atomic E-state index is 12.2. The van der Waals surface area contributed by atoms with Gasteiger partial charge in [-0.25, -0.2) is 8.42 Å². The van der Waals surface area contributed by atoms with Gasteiger partial charge in [0.15, 0.2) is 15.0 Å². The second-order valence-electron chi connectivity index (χ2n) is 6.99. The Morgan fingerprint density at radius 1 is 1.40 bits per heavy atom. The minimum atomic E-state index is -3.08. The van der Waals surface area contributed by atoms with E-state index in [0.29, 0.717) is 16.6 Å². The molecule has 1 amide bonds. The number of hydrogen-bond acceptors (Lipinski definition) is 4. The largest absolute Gasteiger partial charge is 0.315 e. The molecule has 136 valence electrons. The van der Waals surface area contributed by atoms with E-state index in [2.05, 4.69) is 4.99 Å². The second kappa shape index (κ2) is 6.93. The Hall–Kier alpha value is -1.05. The molecule has 2 aliphatic heterocycles. The summed E-state index contributed by atoms with van der Waals surface area (Å²) in [7, 11) is -3.08. The maximum atomic E-state index is 12.2. The molecule has 2 fully saturated rings. The van der Waals surface area contributed by atoms with Crippen LogP contribution in [0.2, 0.25) is 5.02 Å². The number of rotatable bonds is 3. The predicted molar refractivity (Wildman–Crippen MR) is 104 cm³/mol. The van der Waals surface area contributed by atoms with Gasteiger partial charge in [-0.1, -0.05) is 43.3 Å². The number of aliphatic imine (C=N–C) groups is 1. The molecule has 0 N–H and O–H groups in total. The number of carbonyl (C=O) groups is 1. The molecule has 2 atom stereocenters. The zero-order chi connectivity index (χ0) is 18.4. The average molecular weight is 401 g/mol. The van der Waals surface area contributed by atoms with Gasteiger partial charge in [0.1, 0.15) is 0 Å². The molecule has 0 saturated carbocycles. The van der Waals surface area contributed by atoms with Crippen molar-refractivity contribution in [2.75, 3.05) is 16.4 Å². The number of amidine groups is 1. The molecule has 2 aliphatic rings. The Kier molecular flexibility index (Phi) is 5.19. The Morgan fingerprint density at radius 3 is 2.80 bits per heavy atom. The minimum Gasteiger partial charge on any atom is -0.315 e. The molecular formula is C17H21ClN2O3S2. The standard InChI is InChI=1S/C17H21ClN2O3S2/c1-10(2)6-16(21)19-17-20(13-7-12(18)5-4-11(13)3)14-8-25(22,23)9-15(14)24-17/h4-5,7,10,14-15H,6,8-9H2,1-3H3. The van der Waals surface area contributed by atoms with E-state index in [-0.39, 0.29) is 34.6 Å². The van der Waals surface area contributed by atoms with Crippen molar-refractivity contribution in [2.45, 2.75) is 38.5 Å². The number of benzene rings is 1. The Balaban J connectivity index is 2.02. The molecule has 0 bridgehead atoms. The van der Waals surface area contributed by atoms with Gasteiger partial charge in [-0.15, -0.1) is 0 Å². The Morgan fingerprint density at radius 2 is 2.12 bits per heavy atom. The van der Waals surface area contributed by atoms with Crippen LogP contribution >= 0.6 is 23.4 Å². The van der Waals surface area contributed by atoms with Crippen LogP contribution in [0, 0.1) is 12.8 Å². The lowest BCUT2D eigenvalue weighted by Gasteiger charge is -2.26. The van der Waals surface area contributed by atoms with Gasteiger partial charge in [-0.2, -0.15) is 4.99 Å². The minimum absolute atomic E-state index is 0.0774. The van der Waals surface area contributed by atoms with Crippen LogP contribution in [0.25, 0.3) is 0 Å². The van der Waals surface area contributed by atoms with Crippen LogP contribution in [-0.4, -0.2) is 42.3 Å². The summed E-state index contributed by atoms with van der Waals surface area (Å²) in [5, 5.41) is 1.05. The lowest BCUT2D eigenvalue weighted by molar-refractivity contribution is -0.118. The first-order valence-electron chi connectivity index (χ1n) is 8.20. The van der Waals surface area contributed by atoms with Gasteiger partial charge in [-0.05, 0) is 30.5 Å². The highest BCUT2D eigenvalue weighted by atomic mass is 35.5. The highest BCUT2D eigenvalue weighted by molar-refractivity contribution is 8.16. The van der Waals surface area contributed by atoms with Crippen molar-refractivity contribution in [3.8, 4) is 0 Å². The summed E-state index contributed by atoms with van der Waals surface area (Å²) in [6.45, 7) is 5.89. The molecule has 2 saturated heterocycles. The van der Waals surface area contributed by atoms with Crippen LogP contribution in [0.1, 0.15) is 25.8 Å². The number of carbonyl (C=O) groups excluding carboxylic acids is 1. The monoisotopic (exact) mass is 400 g/mol. The van der Waals surface area contributed by atoms with Crippen LogP contribution in [-0.2, 0) is 14.6 Å². The Labute approximate surface area is 157 Å². The first kappa shape index (κ1) is 18.7. The number of nitrogens with zero attached hydrogens (tertiary/aromatic N) is 2. The summed E-state index contributed by atoms with van der Waals surface area (Å²) in [4.78, 5) is 18.4. The van der Waals surface area contributed by atoms with Gasteiger partial charge in [0.2, 0.25) is 5.91 Å². The summed E-state index contributed by atoms with van der Waals surface area (Å²) in [6.07, 6.45) is 0.375. The topological polar surface area (TPSA) is 66.8 Å². The molecule has 1 aromatic carbocycles. The van der Waals surface area contributed by atoms with Crippen molar-refractivity contribution in [2.24, 2.45) is 10.9 Å². The number of hydrogen-bond donors (Lipinski definition) is 0. The molecule has 25 heavy (non-hydrogen) atoms. The van der Waals surface area contributed by atoms with Crippen molar-refractivity contribution >= 4 is 50.0 Å². The first-order valence-corrected chi connectivity index (χ1v) is 11.3. The number of aryl methyl sites for hydroxylation is 1. The highest BCUT2D eigenvalue weighted by Crippen LogP contribution is 2.42. The van der Waals surface area contributed by atoms with Crippen molar-refractivity contribution in [3.05, 3.63) is 28.8 Å². The van der Waals surface area contributed by atoms with E-state index in [4.69, 9.17) is 11.6 Å². The number of amides is 1. The van der Waals surface area contributed by atoms with Crippen LogP contribution in [0.15, 0.2) is 23.2 Å². The summed E-state index contributed by atoms with van der Waals surface area (Å²) in [5.74, 6) is 0.249. The molecule has 2 heterocycles. The van der Waals surface area contributed by atoms with Gasteiger partial charge in [0, 0.05) is 22.4 Å². The van der Waals surface area contributed by atoms with Crippen molar-refractivity contribution in [3.63, 3.8) is 0 Å². The second-order valence-corrected chi connectivity index (χ2v) is 10.8. The lowest BCUT2D eigenvalue weighted by atomic mass is 10.1. The highest BCUT2D eigenvalue weighted by Gasteiger charge is 2.49. The van der Waals surface area contributed by atoms with Crippen molar-refractivity contribution in [1.29, 1.82) is 0 Å². The molecule has 5 nitrogen and oxygen atoms in total. The summed E-state index contributed by atoms with van der Waals surface area (Å²) >= 11 is 7.55. The molecule has 0 radical (unpaired) electrons. The van der Waals surface area contributed by atoms with Gasteiger partial charge in [-0.3, -0.25) is 4.79 Å². The molecule has 0 aromatic heterocycles. The van der Waals surface area contributed by atoms with Crippen LogP contribution in [0.4, 0.5) is 5.69 Å². The van der Waals surface area contributed by atoms with E-state index in [0.717, 1.165) is 11.3 Å². The molecule has 3 rings (SSSR count). The number of anilines is 1. The van der Waals surface area contributed by atoms with E-state index >= 15 is 0 Å². The molecule has 0 aliphatic carbocycles. The SMILES string of the molecule is Cc1ccc(Cl)cc1N1C(=NC(=O)CC(C)C)SC2CS(=O)(=O)CC21. The zero-order valence-electron chi connectivity index (χ0n) is 14.4. The Bertz CT molecular complexity index is 836. The fourth-order valence-corrected chi connectivity index (χ4v) is 7.28. The molecule has 8 heteroatoms. The van der Waals surface area contributed by atoms with Gasteiger partial charge in [0.25, 0.3) is 0 Å². The number of fused-ring (bicyclic) bond motifs is 1. The van der Waals surface area contributed by atoms with Crippen LogP contribution < -0.4 is 4.90 Å². The number of sulfone groups is 1. The lowest BCUT2D eigenvalue weighted by Crippen LogP contribution is -2.38. The third kappa shape index (κ3) is 4.04. The van der Waals surface area contributed by atoms with Crippen LogP contribution in [0.5, 0.6) is 0 Å². The van der Waals surface area contributed by atoms with E-state index in [9.17, 15) is 13.2 Å². The van der Waals surface area contributed by atoms with Crippen LogP contribution in [0.3, 0.4) is 0 Å². The van der Waals surface area contributed by atoms with E-state index in [1.54, 1.807) is 6.07 Å². The maximum Gasteiger partial charge on any atom is 0.248 e. The average Bonchev–Trinajstić information content (AvgIpc) is 2.92. The molecule has 0 spiro atoms. The third-order valence-corrected chi connectivity index (χ3v) is 7.75. The van der Waals surface area contributed by atoms with Crippen molar-refractivity contribution < 1.29 is 13.2 Å². The smallest absolute Gasteiger partial charge is 0.248 e. The van der Waals surface area contributed by atoms with Gasteiger partial charge >= 0.3 is 0 Å². The molecular weight excluding hydrogens is 380 g/mol. The van der Waals surface area contributed by atoms with E-state index in [1.807, 2.05) is 37.8 Å². The summed E-state index contributed by atoms with van der Waals surface area (Å²) in [6, 6.07) is 5.30. The quantitative estimate of drug-likeness (QED) is 0.778. The number of thioether (sulfide) groups is 1. The zero-order valence-corrected chi connectivity index (χ0v) is 16.8. The summed E-state index contributed by atoms with van der Waals surface area (Å²) in [5.41, 5.74) is 1.79. The fraction of sp³-hybridized carbons (Fsp3) is 0.529. The first-order chi connectivity index (χ1) is 11.7. The van der Waals surface area contributed by atoms with Gasteiger partial charge < -0.3 is 4.90 Å². The number of halogens is 1. The normalized spacial score (nSPS) is 26.4. The fourth-order valence-electron chi connectivity index (χ4n) is 3.19.